The smallest absolute Gasteiger partial charge is 0.234 e. The molecule has 0 spiro atoms. The van der Waals surface area contributed by atoms with Crippen LogP contribution in [0.4, 0.5) is 11.4 Å². The molecular weight excluding hydrogens is 402 g/mol. The largest absolute Gasteiger partial charge is 0.326 e. The van der Waals surface area contributed by atoms with Crippen molar-refractivity contribution < 1.29 is 9.59 Å². The number of thioether (sulfide) groups is 1. The molecule has 0 unspecified atom stereocenters. The third kappa shape index (κ3) is 5.22. The quantitative estimate of drug-likeness (QED) is 0.533. The molecule has 0 aliphatic rings. The SMILES string of the molecule is CC(C)C(=O)Nc1ccc2nc(SCC(=O)Nc3ccccc3Cl)sc2c1. The molecule has 1 heterocycles. The molecule has 1 aromatic heterocycles. The van der Waals surface area contributed by atoms with E-state index >= 15 is 0 Å². The monoisotopic (exact) mass is 419 g/mol. The summed E-state index contributed by atoms with van der Waals surface area (Å²) in [5, 5.41) is 6.18. The van der Waals surface area contributed by atoms with Crippen molar-refractivity contribution in [2.24, 2.45) is 5.92 Å². The van der Waals surface area contributed by atoms with E-state index in [2.05, 4.69) is 15.6 Å². The van der Waals surface area contributed by atoms with Gasteiger partial charge in [-0.3, -0.25) is 9.59 Å². The molecule has 140 valence electrons. The number of aromatic nitrogens is 1. The number of anilines is 2. The predicted molar refractivity (Wildman–Crippen MR) is 114 cm³/mol. The molecule has 0 saturated heterocycles. The fourth-order valence-corrected chi connectivity index (χ4v) is 4.30. The number of hydrogen-bond donors (Lipinski definition) is 2. The van der Waals surface area contributed by atoms with E-state index in [9.17, 15) is 9.59 Å². The lowest BCUT2D eigenvalue weighted by atomic mass is 10.2. The number of carbonyl (C=O) groups is 2. The Labute approximate surface area is 170 Å². The minimum Gasteiger partial charge on any atom is -0.326 e. The van der Waals surface area contributed by atoms with Gasteiger partial charge in [-0.05, 0) is 30.3 Å². The highest BCUT2D eigenvalue weighted by atomic mass is 35.5. The van der Waals surface area contributed by atoms with Gasteiger partial charge in [0.15, 0.2) is 4.34 Å². The molecular formula is C19H18ClN3O2S2. The molecule has 0 aliphatic heterocycles. The number of carbonyl (C=O) groups excluding carboxylic acids is 2. The summed E-state index contributed by atoms with van der Waals surface area (Å²) in [6.07, 6.45) is 0. The molecule has 5 nitrogen and oxygen atoms in total. The molecule has 3 aromatic rings. The number of nitrogens with one attached hydrogen (secondary N) is 2. The van der Waals surface area contributed by atoms with E-state index in [1.165, 1.54) is 23.1 Å². The third-order valence-corrected chi connectivity index (χ3v) is 6.13. The molecule has 2 amide bonds. The summed E-state index contributed by atoms with van der Waals surface area (Å²) in [6.45, 7) is 3.70. The molecule has 3 rings (SSSR count). The molecule has 0 fully saturated rings. The number of halogens is 1. The van der Waals surface area contributed by atoms with Crippen LogP contribution in [0.3, 0.4) is 0 Å². The van der Waals surface area contributed by atoms with Gasteiger partial charge in [0.1, 0.15) is 0 Å². The number of para-hydroxylation sites is 1. The van der Waals surface area contributed by atoms with Crippen LogP contribution in [-0.4, -0.2) is 22.6 Å². The second-order valence-electron chi connectivity index (χ2n) is 6.12. The summed E-state index contributed by atoms with van der Waals surface area (Å²) in [5.41, 5.74) is 2.19. The summed E-state index contributed by atoms with van der Waals surface area (Å²) < 4.78 is 1.76. The summed E-state index contributed by atoms with van der Waals surface area (Å²) in [6, 6.07) is 12.7. The van der Waals surface area contributed by atoms with E-state index < -0.39 is 0 Å². The van der Waals surface area contributed by atoms with E-state index in [0.717, 1.165) is 20.2 Å². The molecule has 2 N–H and O–H groups in total. The molecule has 0 aliphatic carbocycles. The first-order valence-corrected chi connectivity index (χ1v) is 10.5. The zero-order valence-corrected chi connectivity index (χ0v) is 17.2. The highest BCUT2D eigenvalue weighted by Gasteiger charge is 2.11. The summed E-state index contributed by atoms with van der Waals surface area (Å²) in [5.74, 6) is -0.00557. The van der Waals surface area contributed by atoms with Crippen LogP contribution in [0.2, 0.25) is 5.02 Å². The summed E-state index contributed by atoms with van der Waals surface area (Å²) in [4.78, 5) is 28.5. The number of amides is 2. The Kier molecular flexibility index (Phi) is 6.36. The van der Waals surface area contributed by atoms with Crippen LogP contribution >= 0.6 is 34.7 Å². The fourth-order valence-electron chi connectivity index (χ4n) is 2.21. The van der Waals surface area contributed by atoms with Crippen LogP contribution in [0.1, 0.15) is 13.8 Å². The van der Waals surface area contributed by atoms with Crippen molar-refractivity contribution in [3.05, 3.63) is 47.5 Å². The van der Waals surface area contributed by atoms with Gasteiger partial charge in [-0.15, -0.1) is 11.3 Å². The van der Waals surface area contributed by atoms with Gasteiger partial charge in [0.25, 0.3) is 0 Å². The normalized spacial score (nSPS) is 11.0. The van der Waals surface area contributed by atoms with Crippen molar-refractivity contribution in [2.45, 2.75) is 18.2 Å². The number of nitrogens with zero attached hydrogens (tertiary/aromatic N) is 1. The minimum atomic E-state index is -0.141. The number of rotatable bonds is 6. The molecule has 2 aromatic carbocycles. The lowest BCUT2D eigenvalue weighted by molar-refractivity contribution is -0.119. The Balaban J connectivity index is 1.63. The summed E-state index contributed by atoms with van der Waals surface area (Å²) in [7, 11) is 0. The van der Waals surface area contributed by atoms with E-state index in [-0.39, 0.29) is 23.5 Å². The van der Waals surface area contributed by atoms with E-state index in [4.69, 9.17) is 11.6 Å². The first kappa shape index (κ1) is 19.7. The van der Waals surface area contributed by atoms with Crippen molar-refractivity contribution in [3.8, 4) is 0 Å². The molecule has 0 saturated carbocycles. The van der Waals surface area contributed by atoms with Gasteiger partial charge >= 0.3 is 0 Å². The average molecular weight is 420 g/mol. The maximum absolute atomic E-state index is 12.1. The van der Waals surface area contributed by atoms with Gasteiger partial charge in [-0.1, -0.05) is 49.3 Å². The lowest BCUT2D eigenvalue weighted by Crippen LogP contribution is -2.17. The van der Waals surface area contributed by atoms with Crippen LogP contribution in [0.15, 0.2) is 46.8 Å². The van der Waals surface area contributed by atoms with E-state index in [1.807, 2.05) is 44.2 Å². The van der Waals surface area contributed by atoms with Gasteiger partial charge in [0.2, 0.25) is 11.8 Å². The molecule has 0 bridgehead atoms. The summed E-state index contributed by atoms with van der Waals surface area (Å²) >= 11 is 8.91. The topological polar surface area (TPSA) is 71.1 Å². The van der Waals surface area contributed by atoms with Crippen molar-refractivity contribution in [1.29, 1.82) is 0 Å². The van der Waals surface area contributed by atoms with Crippen LogP contribution in [-0.2, 0) is 9.59 Å². The van der Waals surface area contributed by atoms with Crippen LogP contribution in [0, 0.1) is 5.92 Å². The van der Waals surface area contributed by atoms with Crippen LogP contribution in [0.5, 0.6) is 0 Å². The predicted octanol–water partition coefficient (Wildman–Crippen LogP) is 5.28. The van der Waals surface area contributed by atoms with Crippen molar-refractivity contribution in [3.63, 3.8) is 0 Å². The molecule has 27 heavy (non-hydrogen) atoms. The second kappa shape index (κ2) is 8.73. The highest BCUT2D eigenvalue weighted by Crippen LogP contribution is 2.31. The minimum absolute atomic E-state index is 0.0234. The Morgan fingerprint density at radius 1 is 1.19 bits per heavy atom. The second-order valence-corrected chi connectivity index (χ2v) is 8.78. The van der Waals surface area contributed by atoms with E-state index in [0.29, 0.717) is 10.7 Å². The van der Waals surface area contributed by atoms with Crippen molar-refractivity contribution >= 4 is 68.1 Å². The highest BCUT2D eigenvalue weighted by molar-refractivity contribution is 8.01. The van der Waals surface area contributed by atoms with Crippen molar-refractivity contribution in [1.82, 2.24) is 4.98 Å². The lowest BCUT2D eigenvalue weighted by Gasteiger charge is -2.06. The first-order valence-electron chi connectivity index (χ1n) is 8.31. The maximum Gasteiger partial charge on any atom is 0.234 e. The maximum atomic E-state index is 12.1. The Morgan fingerprint density at radius 2 is 1.96 bits per heavy atom. The third-order valence-electron chi connectivity index (χ3n) is 3.64. The number of benzene rings is 2. The van der Waals surface area contributed by atoms with Gasteiger partial charge < -0.3 is 10.6 Å². The Hall–Kier alpha value is -2.09. The fraction of sp³-hybridized carbons (Fsp3) is 0.211. The number of hydrogen-bond acceptors (Lipinski definition) is 5. The molecule has 0 radical (unpaired) electrons. The van der Waals surface area contributed by atoms with Crippen LogP contribution < -0.4 is 10.6 Å². The van der Waals surface area contributed by atoms with Crippen LogP contribution in [0.25, 0.3) is 10.2 Å². The van der Waals surface area contributed by atoms with Gasteiger partial charge in [-0.25, -0.2) is 4.98 Å². The molecule has 8 heteroatoms. The van der Waals surface area contributed by atoms with E-state index in [1.54, 1.807) is 12.1 Å². The Bertz CT molecular complexity index is 988. The zero-order chi connectivity index (χ0) is 19.4. The zero-order valence-electron chi connectivity index (χ0n) is 14.8. The number of fused-ring (bicyclic) bond motifs is 1. The number of thiazole rings is 1. The first-order chi connectivity index (χ1) is 12.9. The van der Waals surface area contributed by atoms with Gasteiger partial charge in [0.05, 0.1) is 26.7 Å². The van der Waals surface area contributed by atoms with Crippen molar-refractivity contribution in [2.75, 3.05) is 16.4 Å². The van der Waals surface area contributed by atoms with Gasteiger partial charge in [0, 0.05) is 11.6 Å². The standard InChI is InChI=1S/C19H18ClN3O2S2/c1-11(2)18(25)21-12-7-8-15-16(9-12)27-19(23-15)26-10-17(24)22-14-6-4-3-5-13(14)20/h3-9,11H,10H2,1-2H3,(H,21,25)(H,22,24). The molecule has 0 atom stereocenters. The Morgan fingerprint density at radius 3 is 2.70 bits per heavy atom. The average Bonchev–Trinajstić information content (AvgIpc) is 3.04. The van der Waals surface area contributed by atoms with Gasteiger partial charge in [-0.2, -0.15) is 0 Å².